The van der Waals surface area contributed by atoms with Crippen LogP contribution in [0.2, 0.25) is 0 Å². The van der Waals surface area contributed by atoms with E-state index in [0.29, 0.717) is 10.9 Å². The molecule has 2 saturated heterocycles. The van der Waals surface area contributed by atoms with Gasteiger partial charge in [-0.05, 0) is 31.5 Å². The molecule has 3 heterocycles. The van der Waals surface area contributed by atoms with Crippen LogP contribution in [-0.2, 0) is 25.4 Å². The van der Waals surface area contributed by atoms with Crippen LogP contribution in [0.25, 0.3) is 11.0 Å². The van der Waals surface area contributed by atoms with E-state index in [4.69, 9.17) is 23.4 Å². The SMILES string of the molecule is CC(C)(O[C@@H]1O[C@H](CO[C@@H]2OC[C@](O)(CO)[C@H]2O)[C@@H](O)[C@H](O)[C@H]1O)[C@@H](O)Cc1cc2ccc(=O)oc2cc1O. The fourth-order valence-corrected chi connectivity index (χ4v) is 4.42. The molecule has 1 aromatic carbocycles. The van der Waals surface area contributed by atoms with Gasteiger partial charge >= 0.3 is 5.63 Å². The third kappa shape index (κ3) is 6.11. The first-order valence-corrected chi connectivity index (χ1v) is 12.3. The summed E-state index contributed by atoms with van der Waals surface area (Å²) in [6.07, 6.45) is -12.2. The van der Waals surface area contributed by atoms with Crippen molar-refractivity contribution in [2.24, 2.45) is 0 Å². The number of ether oxygens (including phenoxy) is 4. The molecule has 2 aromatic rings. The Hall–Kier alpha value is -2.21. The Morgan fingerprint density at radius 2 is 1.82 bits per heavy atom. The van der Waals surface area contributed by atoms with E-state index in [0.717, 1.165) is 0 Å². The predicted octanol–water partition coefficient (Wildman–Crippen LogP) is -2.54. The molecule has 39 heavy (non-hydrogen) atoms. The first kappa shape index (κ1) is 29.8. The van der Waals surface area contributed by atoms with Gasteiger partial charge in [-0.2, -0.15) is 0 Å². The second-order valence-electron chi connectivity index (χ2n) is 10.4. The highest BCUT2D eigenvalue weighted by Gasteiger charge is 2.50. The number of aliphatic hydroxyl groups is 7. The topological polar surface area (TPSA) is 229 Å². The minimum Gasteiger partial charge on any atom is -0.508 e. The molecule has 4 rings (SSSR count). The van der Waals surface area contributed by atoms with E-state index >= 15 is 0 Å². The van der Waals surface area contributed by atoms with Crippen molar-refractivity contribution in [2.75, 3.05) is 19.8 Å². The summed E-state index contributed by atoms with van der Waals surface area (Å²) in [6.45, 7) is 1.35. The number of aromatic hydroxyl groups is 1. The van der Waals surface area contributed by atoms with Crippen molar-refractivity contribution in [3.63, 3.8) is 0 Å². The minimum absolute atomic E-state index is 0.112. The fourth-order valence-electron chi connectivity index (χ4n) is 4.42. The lowest BCUT2D eigenvalue weighted by Crippen LogP contribution is -2.61. The maximum Gasteiger partial charge on any atom is 0.336 e. The van der Waals surface area contributed by atoms with Crippen molar-refractivity contribution in [1.29, 1.82) is 0 Å². The summed E-state index contributed by atoms with van der Waals surface area (Å²) in [5.41, 5.74) is -3.43. The number of hydrogen-bond acceptors (Lipinski definition) is 14. The minimum atomic E-state index is -1.93. The summed E-state index contributed by atoms with van der Waals surface area (Å²) in [7, 11) is 0. The van der Waals surface area contributed by atoms with Crippen LogP contribution in [0.4, 0.5) is 0 Å². The lowest BCUT2D eigenvalue weighted by molar-refractivity contribution is -0.336. The highest BCUT2D eigenvalue weighted by atomic mass is 16.7. The van der Waals surface area contributed by atoms with Crippen LogP contribution in [0.3, 0.4) is 0 Å². The largest absolute Gasteiger partial charge is 0.508 e. The van der Waals surface area contributed by atoms with Crippen molar-refractivity contribution < 1.29 is 64.2 Å². The first-order valence-electron chi connectivity index (χ1n) is 12.3. The summed E-state index contributed by atoms with van der Waals surface area (Å²) in [5, 5.41) is 82.6. The molecule has 0 spiro atoms. The van der Waals surface area contributed by atoms with Crippen LogP contribution in [0.1, 0.15) is 19.4 Å². The Labute approximate surface area is 222 Å². The number of benzene rings is 1. The Morgan fingerprint density at radius 3 is 2.49 bits per heavy atom. The van der Waals surface area contributed by atoms with Crippen molar-refractivity contribution >= 4 is 11.0 Å². The second-order valence-corrected chi connectivity index (χ2v) is 10.4. The maximum atomic E-state index is 11.4. The first-order chi connectivity index (χ1) is 18.3. The number of phenols is 1. The van der Waals surface area contributed by atoms with Crippen LogP contribution in [0, 0.1) is 0 Å². The zero-order valence-corrected chi connectivity index (χ0v) is 21.3. The zero-order chi connectivity index (χ0) is 28.7. The van der Waals surface area contributed by atoms with Crippen LogP contribution >= 0.6 is 0 Å². The number of fused-ring (bicyclic) bond motifs is 1. The molecule has 0 bridgehead atoms. The number of rotatable bonds is 9. The van der Waals surface area contributed by atoms with Gasteiger partial charge in [-0.25, -0.2) is 4.79 Å². The van der Waals surface area contributed by atoms with Crippen LogP contribution in [0.5, 0.6) is 5.75 Å². The Balaban J connectivity index is 1.42. The molecule has 2 aliphatic heterocycles. The van der Waals surface area contributed by atoms with Gasteiger partial charge in [0.05, 0.1) is 31.5 Å². The van der Waals surface area contributed by atoms with Gasteiger partial charge in [-0.1, -0.05) is 0 Å². The molecular weight excluding hydrogens is 524 g/mol. The normalized spacial score (nSPS) is 34.4. The average molecular weight is 559 g/mol. The van der Waals surface area contributed by atoms with Gasteiger partial charge in [0.2, 0.25) is 0 Å². The molecule has 2 aliphatic rings. The van der Waals surface area contributed by atoms with Crippen LogP contribution in [-0.4, -0.2) is 121 Å². The van der Waals surface area contributed by atoms with Gasteiger partial charge < -0.3 is 64.2 Å². The molecule has 2 fully saturated rings. The number of aliphatic hydroxyl groups excluding tert-OH is 6. The van der Waals surface area contributed by atoms with E-state index in [-0.39, 0.29) is 17.8 Å². The summed E-state index contributed by atoms with van der Waals surface area (Å²) in [4.78, 5) is 11.4. The van der Waals surface area contributed by atoms with Gasteiger partial charge in [-0.15, -0.1) is 0 Å². The van der Waals surface area contributed by atoms with E-state index in [9.17, 15) is 45.6 Å². The Morgan fingerprint density at radius 1 is 1.10 bits per heavy atom. The molecule has 14 nitrogen and oxygen atoms in total. The smallest absolute Gasteiger partial charge is 0.336 e. The standard InChI is InChI=1S/C25H34O14/c1-24(2,16(28)6-12-5-11-3-4-17(29)37-14(11)7-13(12)27)39-22-20(32)19(31)18(30)15(38-22)8-35-23-21(33)25(34,9-26)10-36-23/h3-5,7,15-16,18-23,26-28,30-34H,6,8-10H2,1-2H3/t15-,16+,18-,19+,20-,21+,22+,23-,25-/m1/s1. The van der Waals surface area contributed by atoms with Crippen LogP contribution < -0.4 is 5.63 Å². The van der Waals surface area contributed by atoms with E-state index in [1.54, 1.807) is 6.07 Å². The zero-order valence-electron chi connectivity index (χ0n) is 21.3. The molecule has 218 valence electrons. The number of hydrogen-bond donors (Lipinski definition) is 8. The second kappa shape index (κ2) is 11.3. The van der Waals surface area contributed by atoms with E-state index in [2.05, 4.69) is 0 Å². The highest BCUT2D eigenvalue weighted by molar-refractivity contribution is 5.79. The quantitative estimate of drug-likeness (QED) is 0.148. The van der Waals surface area contributed by atoms with Gasteiger partial charge in [0, 0.05) is 23.9 Å². The lowest BCUT2D eigenvalue weighted by atomic mass is 9.93. The summed E-state index contributed by atoms with van der Waals surface area (Å²) in [6, 6.07) is 5.54. The van der Waals surface area contributed by atoms with Crippen molar-refractivity contribution in [1.82, 2.24) is 0 Å². The summed E-state index contributed by atoms with van der Waals surface area (Å²) < 4.78 is 27.0. The highest BCUT2D eigenvalue weighted by Crippen LogP contribution is 2.32. The fraction of sp³-hybridized carbons (Fsp3) is 0.640. The third-order valence-corrected chi connectivity index (χ3v) is 7.13. The van der Waals surface area contributed by atoms with E-state index in [1.807, 2.05) is 0 Å². The molecule has 0 saturated carbocycles. The molecule has 0 aliphatic carbocycles. The van der Waals surface area contributed by atoms with E-state index < -0.39 is 85.9 Å². The molecule has 0 radical (unpaired) electrons. The van der Waals surface area contributed by atoms with Crippen molar-refractivity contribution in [3.05, 3.63) is 40.2 Å². The van der Waals surface area contributed by atoms with E-state index in [1.165, 1.54) is 32.0 Å². The lowest BCUT2D eigenvalue weighted by Gasteiger charge is -2.44. The molecule has 14 heteroatoms. The van der Waals surface area contributed by atoms with Crippen LogP contribution in [0.15, 0.2) is 33.5 Å². The Bertz CT molecular complexity index is 1200. The molecule has 9 atom stereocenters. The molecule has 1 aromatic heterocycles. The third-order valence-electron chi connectivity index (χ3n) is 7.13. The number of phenolic OH excluding ortho intramolecular Hbond substituents is 1. The van der Waals surface area contributed by atoms with Gasteiger partial charge in [0.25, 0.3) is 0 Å². The van der Waals surface area contributed by atoms with Gasteiger partial charge in [0.1, 0.15) is 47.5 Å². The Kier molecular flexibility index (Phi) is 8.66. The monoisotopic (exact) mass is 558 g/mol. The van der Waals surface area contributed by atoms with Gasteiger partial charge in [-0.3, -0.25) is 0 Å². The van der Waals surface area contributed by atoms with Crippen molar-refractivity contribution in [2.45, 2.75) is 80.7 Å². The maximum absolute atomic E-state index is 11.4. The summed E-state index contributed by atoms with van der Waals surface area (Å²) >= 11 is 0. The van der Waals surface area contributed by atoms with Gasteiger partial charge in [0.15, 0.2) is 12.6 Å². The molecule has 8 N–H and O–H groups in total. The average Bonchev–Trinajstić information content (AvgIpc) is 3.17. The molecular formula is C25H34O14. The molecule has 0 amide bonds. The molecule has 0 unspecified atom stereocenters. The summed E-state index contributed by atoms with van der Waals surface area (Å²) in [5.74, 6) is -0.221. The predicted molar refractivity (Wildman–Crippen MR) is 129 cm³/mol. The van der Waals surface area contributed by atoms with Crippen molar-refractivity contribution in [3.8, 4) is 5.75 Å².